The van der Waals surface area contributed by atoms with Crippen molar-refractivity contribution in [1.82, 2.24) is 19.8 Å². The van der Waals surface area contributed by atoms with Gasteiger partial charge >= 0.3 is 0 Å². The van der Waals surface area contributed by atoms with E-state index in [1.54, 1.807) is 17.5 Å². The summed E-state index contributed by atoms with van der Waals surface area (Å²) in [6, 6.07) is 2.70. The maximum absolute atomic E-state index is 12.5. The third-order valence-electron chi connectivity index (χ3n) is 6.10. The van der Waals surface area contributed by atoms with E-state index in [4.69, 9.17) is 0 Å². The Hall–Kier alpha value is -1.49. The van der Waals surface area contributed by atoms with Crippen molar-refractivity contribution in [2.24, 2.45) is 0 Å². The minimum absolute atomic E-state index is 0.0542. The maximum Gasteiger partial charge on any atom is 0.250 e. The van der Waals surface area contributed by atoms with Crippen molar-refractivity contribution < 1.29 is 18.0 Å². The van der Waals surface area contributed by atoms with Gasteiger partial charge in [0.2, 0.25) is 21.8 Å². The Balaban J connectivity index is 1.36. The number of rotatable bonds is 6. The molecule has 4 heterocycles. The van der Waals surface area contributed by atoms with Crippen LogP contribution in [0.15, 0.2) is 21.7 Å². The number of hydrogen-bond acceptors (Lipinski definition) is 6. The second kappa shape index (κ2) is 8.71. The fraction of sp³-hybridized carbons (Fsp3) is 0.684. The van der Waals surface area contributed by atoms with E-state index in [9.17, 15) is 18.0 Å². The summed E-state index contributed by atoms with van der Waals surface area (Å²) in [6.45, 7) is 2.69. The second-order valence-corrected chi connectivity index (χ2v) is 11.0. The normalized spacial score (nSPS) is 28.2. The summed E-state index contributed by atoms with van der Waals surface area (Å²) in [5.41, 5.74) is 0. The number of amides is 2. The lowest BCUT2D eigenvalue weighted by molar-refractivity contribution is -0.133. The molecule has 2 amide bonds. The van der Waals surface area contributed by atoms with Crippen LogP contribution in [0, 0.1) is 0 Å². The van der Waals surface area contributed by atoms with Crippen molar-refractivity contribution in [3.63, 3.8) is 0 Å². The molecule has 4 rings (SSSR count). The summed E-state index contributed by atoms with van der Waals surface area (Å²) in [7, 11) is -3.57. The van der Waals surface area contributed by atoms with E-state index in [-0.39, 0.29) is 34.1 Å². The van der Waals surface area contributed by atoms with E-state index >= 15 is 0 Å². The number of piperidine rings is 1. The van der Waals surface area contributed by atoms with Crippen LogP contribution in [0.3, 0.4) is 0 Å². The van der Waals surface area contributed by atoms with Gasteiger partial charge < -0.3 is 10.2 Å². The van der Waals surface area contributed by atoms with E-state index in [2.05, 4.69) is 14.9 Å². The molecule has 160 valence electrons. The lowest BCUT2D eigenvalue weighted by atomic mass is 10.0. The summed E-state index contributed by atoms with van der Waals surface area (Å²) in [5.74, 6) is 0.133. The van der Waals surface area contributed by atoms with Gasteiger partial charge in [-0.25, -0.2) is 13.1 Å². The Bertz CT molecular complexity index is 836. The lowest BCUT2D eigenvalue weighted by Crippen LogP contribution is -2.58. The summed E-state index contributed by atoms with van der Waals surface area (Å²) in [4.78, 5) is 28.9. The third kappa shape index (κ3) is 4.65. The molecule has 2 N–H and O–H groups in total. The first kappa shape index (κ1) is 20.8. The SMILES string of the molecule is O=C1NC[C@@H](CCC(=O)N2CCCCC2)N2C[C@@H](NS(=O)(=O)c3cccs3)C[C@@H]12. The minimum Gasteiger partial charge on any atom is -0.353 e. The van der Waals surface area contributed by atoms with E-state index in [0.717, 1.165) is 25.9 Å². The number of sulfonamides is 1. The predicted molar refractivity (Wildman–Crippen MR) is 110 cm³/mol. The van der Waals surface area contributed by atoms with Crippen LogP contribution in [0.5, 0.6) is 0 Å². The van der Waals surface area contributed by atoms with Crippen LogP contribution in [0.4, 0.5) is 0 Å². The van der Waals surface area contributed by atoms with Gasteiger partial charge in [-0.2, -0.15) is 0 Å². The highest BCUT2D eigenvalue weighted by Gasteiger charge is 2.44. The van der Waals surface area contributed by atoms with Crippen LogP contribution in [-0.2, 0) is 19.6 Å². The molecule has 0 unspecified atom stereocenters. The number of carbonyl (C=O) groups is 2. The van der Waals surface area contributed by atoms with Gasteiger partial charge in [0.1, 0.15) is 4.21 Å². The van der Waals surface area contributed by atoms with E-state index < -0.39 is 10.0 Å². The number of fused-ring (bicyclic) bond motifs is 1. The molecule has 3 saturated heterocycles. The summed E-state index contributed by atoms with van der Waals surface area (Å²) >= 11 is 1.18. The van der Waals surface area contributed by atoms with Gasteiger partial charge in [0, 0.05) is 44.7 Å². The van der Waals surface area contributed by atoms with Gasteiger partial charge in [-0.1, -0.05) is 6.07 Å². The van der Waals surface area contributed by atoms with E-state index in [0.29, 0.717) is 32.4 Å². The average Bonchev–Trinajstić information content (AvgIpc) is 3.38. The number of nitrogens with zero attached hydrogens (tertiary/aromatic N) is 2. The van der Waals surface area contributed by atoms with Gasteiger partial charge in [0.05, 0.1) is 6.04 Å². The van der Waals surface area contributed by atoms with Crippen molar-refractivity contribution >= 4 is 33.2 Å². The van der Waals surface area contributed by atoms with Gasteiger partial charge in [-0.3, -0.25) is 14.5 Å². The van der Waals surface area contributed by atoms with E-state index in [1.165, 1.54) is 17.8 Å². The summed E-state index contributed by atoms with van der Waals surface area (Å²) in [5, 5.41) is 4.67. The highest BCUT2D eigenvalue weighted by atomic mass is 32.2. The highest BCUT2D eigenvalue weighted by Crippen LogP contribution is 2.27. The van der Waals surface area contributed by atoms with Crippen molar-refractivity contribution in [1.29, 1.82) is 0 Å². The third-order valence-corrected chi connectivity index (χ3v) is 9.02. The number of likely N-dealkylation sites (tertiary alicyclic amines) is 1. The van der Waals surface area contributed by atoms with Crippen LogP contribution in [-0.4, -0.2) is 74.3 Å². The first-order valence-corrected chi connectivity index (χ1v) is 12.7. The molecule has 0 saturated carbocycles. The molecule has 0 radical (unpaired) electrons. The molecule has 29 heavy (non-hydrogen) atoms. The van der Waals surface area contributed by atoms with Crippen LogP contribution < -0.4 is 10.0 Å². The average molecular weight is 441 g/mol. The quantitative estimate of drug-likeness (QED) is 0.681. The number of nitrogens with one attached hydrogen (secondary N) is 2. The zero-order valence-electron chi connectivity index (χ0n) is 16.4. The number of piperazine rings is 1. The van der Waals surface area contributed by atoms with Crippen LogP contribution in [0.25, 0.3) is 0 Å². The second-order valence-electron chi connectivity index (χ2n) is 8.08. The van der Waals surface area contributed by atoms with Gasteiger partial charge in [0.25, 0.3) is 0 Å². The van der Waals surface area contributed by atoms with Crippen LogP contribution in [0.2, 0.25) is 0 Å². The van der Waals surface area contributed by atoms with Crippen LogP contribution in [0.1, 0.15) is 38.5 Å². The van der Waals surface area contributed by atoms with Gasteiger partial charge in [0.15, 0.2) is 0 Å². The molecule has 3 fully saturated rings. The van der Waals surface area contributed by atoms with Crippen molar-refractivity contribution in [3.05, 3.63) is 17.5 Å². The van der Waals surface area contributed by atoms with Crippen molar-refractivity contribution in [2.75, 3.05) is 26.2 Å². The minimum atomic E-state index is -3.57. The molecule has 3 aliphatic heterocycles. The monoisotopic (exact) mass is 440 g/mol. The Morgan fingerprint density at radius 3 is 2.79 bits per heavy atom. The summed E-state index contributed by atoms with van der Waals surface area (Å²) < 4.78 is 28.1. The smallest absolute Gasteiger partial charge is 0.250 e. The predicted octanol–water partition coefficient (Wildman–Crippen LogP) is 0.760. The molecule has 0 aromatic carbocycles. The molecule has 0 spiro atoms. The molecule has 3 atom stereocenters. The molecule has 10 heteroatoms. The fourth-order valence-electron chi connectivity index (χ4n) is 4.61. The molecular formula is C19H28N4O4S2. The lowest BCUT2D eigenvalue weighted by Gasteiger charge is -2.37. The Morgan fingerprint density at radius 2 is 2.07 bits per heavy atom. The van der Waals surface area contributed by atoms with E-state index in [1.807, 2.05) is 4.90 Å². The fourth-order valence-corrected chi connectivity index (χ4v) is 6.86. The zero-order valence-corrected chi connectivity index (χ0v) is 18.0. The maximum atomic E-state index is 12.5. The molecule has 0 aliphatic carbocycles. The zero-order chi connectivity index (χ0) is 20.4. The van der Waals surface area contributed by atoms with Crippen molar-refractivity contribution in [2.45, 2.75) is 60.9 Å². The summed E-state index contributed by atoms with van der Waals surface area (Å²) in [6.07, 6.45) is 4.94. The number of thiophene rings is 1. The molecule has 8 nitrogen and oxygen atoms in total. The first-order chi connectivity index (χ1) is 13.9. The first-order valence-electron chi connectivity index (χ1n) is 10.3. The van der Waals surface area contributed by atoms with Gasteiger partial charge in [-0.15, -0.1) is 11.3 Å². The molecular weight excluding hydrogens is 412 g/mol. The number of hydrogen-bond donors (Lipinski definition) is 2. The van der Waals surface area contributed by atoms with Crippen LogP contribution >= 0.6 is 11.3 Å². The topological polar surface area (TPSA) is 98.8 Å². The Labute approximate surface area is 175 Å². The number of carbonyl (C=O) groups excluding carboxylic acids is 2. The molecule has 1 aromatic heterocycles. The standard InChI is InChI=1S/C19H28N4O4S2/c24-17(22-8-2-1-3-9-22)7-6-15-12-20-19(25)16-11-14(13-23(15)16)21-29(26,27)18-5-4-10-28-18/h4-5,10,14-16,21H,1-3,6-9,11-13H2,(H,20,25)/t14-,15+,16-/m0/s1. The van der Waals surface area contributed by atoms with Gasteiger partial charge in [-0.05, 0) is 43.6 Å². The molecule has 1 aromatic rings. The molecule has 0 bridgehead atoms. The largest absolute Gasteiger partial charge is 0.353 e. The molecule has 3 aliphatic rings. The Morgan fingerprint density at radius 1 is 1.28 bits per heavy atom. The highest BCUT2D eigenvalue weighted by molar-refractivity contribution is 7.91. The van der Waals surface area contributed by atoms with Crippen molar-refractivity contribution in [3.8, 4) is 0 Å². The Kier molecular flexibility index (Phi) is 6.24.